The van der Waals surface area contributed by atoms with Gasteiger partial charge in [-0.3, -0.25) is 4.68 Å². The zero-order valence-electron chi connectivity index (χ0n) is 15.6. The topological polar surface area (TPSA) is 84.6 Å². The minimum atomic E-state index is -1.05. The van der Waals surface area contributed by atoms with Gasteiger partial charge in [-0.25, -0.2) is 9.18 Å². The van der Waals surface area contributed by atoms with Crippen molar-refractivity contribution in [2.75, 3.05) is 7.11 Å². The summed E-state index contributed by atoms with van der Waals surface area (Å²) in [4.78, 5) is 11.4. The van der Waals surface area contributed by atoms with Gasteiger partial charge in [-0.2, -0.15) is 5.10 Å². The van der Waals surface area contributed by atoms with Crippen LogP contribution in [-0.4, -0.2) is 39.2 Å². The van der Waals surface area contributed by atoms with Gasteiger partial charge >= 0.3 is 5.97 Å². The first kappa shape index (κ1) is 19.6. The van der Waals surface area contributed by atoms with Gasteiger partial charge < -0.3 is 14.9 Å². The van der Waals surface area contributed by atoms with Crippen LogP contribution in [0.25, 0.3) is 22.5 Å². The average molecular weight is 384 g/mol. The minimum absolute atomic E-state index is 0.113. The Morgan fingerprint density at radius 3 is 2.54 bits per heavy atom. The zero-order valence-corrected chi connectivity index (χ0v) is 15.6. The van der Waals surface area contributed by atoms with E-state index in [9.17, 15) is 19.4 Å². The van der Waals surface area contributed by atoms with Crippen LogP contribution in [0.1, 0.15) is 23.7 Å². The molecule has 0 saturated carbocycles. The number of aromatic carboxylic acids is 1. The molecular weight excluding hydrogens is 363 g/mol. The van der Waals surface area contributed by atoms with Crippen LogP contribution in [0.2, 0.25) is 0 Å². The van der Waals surface area contributed by atoms with Crippen LogP contribution in [0, 0.1) is 5.82 Å². The molecule has 1 atom stereocenters. The summed E-state index contributed by atoms with van der Waals surface area (Å²) < 4.78 is 20.3. The lowest BCUT2D eigenvalue weighted by Crippen LogP contribution is -2.16. The normalized spacial score (nSPS) is 12.0. The number of carboxylic acid groups (broad SMARTS) is 1. The summed E-state index contributed by atoms with van der Waals surface area (Å²) in [7, 11) is 1.50. The van der Waals surface area contributed by atoms with Gasteiger partial charge in [0.2, 0.25) is 0 Å². The molecule has 0 saturated heterocycles. The molecule has 28 heavy (non-hydrogen) atoms. The van der Waals surface area contributed by atoms with Crippen molar-refractivity contribution >= 4 is 5.97 Å². The lowest BCUT2D eigenvalue weighted by Gasteiger charge is -2.11. The summed E-state index contributed by atoms with van der Waals surface area (Å²) in [6, 6.07) is 12.3. The lowest BCUT2D eigenvalue weighted by atomic mass is 10.1. The van der Waals surface area contributed by atoms with Crippen molar-refractivity contribution in [1.29, 1.82) is 0 Å². The highest BCUT2D eigenvalue weighted by Crippen LogP contribution is 2.33. The molecule has 1 unspecified atom stereocenters. The van der Waals surface area contributed by atoms with Gasteiger partial charge in [-0.05, 0) is 55.0 Å². The molecule has 6 nitrogen and oxygen atoms in total. The fraction of sp³-hybridized carbons (Fsp3) is 0.238. The van der Waals surface area contributed by atoms with Crippen LogP contribution in [0.15, 0.2) is 48.5 Å². The number of carbonyl (C=O) groups is 1. The number of halogens is 1. The van der Waals surface area contributed by atoms with E-state index in [4.69, 9.17) is 4.74 Å². The molecule has 146 valence electrons. The summed E-state index contributed by atoms with van der Waals surface area (Å²) in [5.74, 6) is -0.917. The van der Waals surface area contributed by atoms with Gasteiger partial charge in [0.05, 0.1) is 36.7 Å². The van der Waals surface area contributed by atoms with Crippen LogP contribution >= 0.6 is 0 Å². The zero-order chi connectivity index (χ0) is 20.3. The first-order valence-corrected chi connectivity index (χ1v) is 8.86. The van der Waals surface area contributed by atoms with Gasteiger partial charge in [0.1, 0.15) is 11.6 Å². The average Bonchev–Trinajstić information content (AvgIpc) is 3.11. The van der Waals surface area contributed by atoms with Crippen LogP contribution < -0.4 is 4.74 Å². The minimum Gasteiger partial charge on any atom is -0.496 e. The van der Waals surface area contributed by atoms with Gasteiger partial charge in [-0.15, -0.1) is 0 Å². The largest absolute Gasteiger partial charge is 0.496 e. The van der Waals surface area contributed by atoms with Crippen molar-refractivity contribution < 1.29 is 24.1 Å². The summed E-state index contributed by atoms with van der Waals surface area (Å²) in [6.07, 6.45) is -0.0465. The van der Waals surface area contributed by atoms with Crippen molar-refractivity contribution in [2.24, 2.45) is 0 Å². The smallest absolute Gasteiger partial charge is 0.335 e. The number of rotatable bonds is 7. The summed E-state index contributed by atoms with van der Waals surface area (Å²) in [5, 5.41) is 24.0. The van der Waals surface area contributed by atoms with Crippen molar-refractivity contribution in [1.82, 2.24) is 9.78 Å². The third-order valence-electron chi connectivity index (χ3n) is 4.50. The van der Waals surface area contributed by atoms with Crippen molar-refractivity contribution in [3.63, 3.8) is 0 Å². The molecule has 1 aromatic heterocycles. The predicted molar refractivity (Wildman–Crippen MR) is 103 cm³/mol. The van der Waals surface area contributed by atoms with Crippen LogP contribution in [0.5, 0.6) is 5.75 Å². The Labute approximate surface area is 161 Å². The third kappa shape index (κ3) is 4.04. The second kappa shape index (κ2) is 8.22. The second-order valence-electron chi connectivity index (χ2n) is 6.39. The number of hydrogen-bond acceptors (Lipinski definition) is 4. The summed E-state index contributed by atoms with van der Waals surface area (Å²) in [5.41, 5.74) is 2.56. The molecule has 3 aromatic rings. The molecule has 0 aliphatic rings. The maximum absolute atomic E-state index is 13.3. The first-order chi connectivity index (χ1) is 13.4. The Balaban J connectivity index is 2.15. The number of aliphatic hydroxyl groups excluding tert-OH is 1. The van der Waals surface area contributed by atoms with E-state index in [1.807, 2.05) is 6.92 Å². The first-order valence-electron chi connectivity index (χ1n) is 8.86. The molecule has 0 aliphatic carbocycles. The van der Waals surface area contributed by atoms with E-state index >= 15 is 0 Å². The number of benzene rings is 2. The highest BCUT2D eigenvalue weighted by atomic mass is 19.1. The molecule has 2 aromatic carbocycles. The Hall–Kier alpha value is -3.19. The number of aliphatic hydroxyl groups is 1. The van der Waals surface area contributed by atoms with E-state index < -0.39 is 12.1 Å². The third-order valence-corrected chi connectivity index (χ3v) is 4.50. The number of ether oxygens (including phenoxy) is 1. The molecule has 1 heterocycles. The predicted octanol–water partition coefficient (Wildman–Crippen LogP) is 3.83. The van der Waals surface area contributed by atoms with Crippen molar-refractivity contribution in [3.8, 4) is 28.3 Å². The maximum atomic E-state index is 13.3. The molecule has 2 N–H and O–H groups in total. The fourth-order valence-corrected chi connectivity index (χ4v) is 2.91. The molecule has 0 amide bonds. The molecule has 0 radical (unpaired) electrons. The molecule has 0 aliphatic heterocycles. The monoisotopic (exact) mass is 384 g/mol. The van der Waals surface area contributed by atoms with E-state index in [0.29, 0.717) is 29.1 Å². The highest BCUT2D eigenvalue weighted by Gasteiger charge is 2.18. The van der Waals surface area contributed by atoms with Crippen LogP contribution in [0.4, 0.5) is 4.39 Å². The lowest BCUT2D eigenvalue weighted by molar-refractivity contribution is 0.0697. The number of nitrogens with zero attached hydrogens (tertiary/aromatic N) is 2. The standard InChI is InChI=1S/C21H21FN2O4/c1-3-16(25)12-24-19(13-4-7-15(22)8-5-13)11-18(23-24)17-10-14(21(26)27)6-9-20(17)28-2/h4-11,16,25H,3,12H2,1-2H3,(H,26,27). The molecule has 0 fully saturated rings. The van der Waals surface area contributed by atoms with E-state index in [2.05, 4.69) is 5.10 Å². The number of aromatic nitrogens is 2. The van der Waals surface area contributed by atoms with Gasteiger partial charge in [0, 0.05) is 11.1 Å². The number of carboxylic acids is 1. The summed E-state index contributed by atoms with van der Waals surface area (Å²) >= 11 is 0. The van der Waals surface area contributed by atoms with E-state index in [1.54, 1.807) is 28.9 Å². The van der Waals surface area contributed by atoms with Crippen molar-refractivity contribution in [2.45, 2.75) is 26.0 Å². The SMILES string of the molecule is CCC(O)Cn1nc(-c2cc(C(=O)O)ccc2OC)cc1-c1ccc(F)cc1. The molecular formula is C21H21FN2O4. The quantitative estimate of drug-likeness (QED) is 0.647. The molecule has 0 bridgehead atoms. The van der Waals surface area contributed by atoms with E-state index in [1.165, 1.54) is 31.4 Å². The highest BCUT2D eigenvalue weighted by molar-refractivity contribution is 5.90. The summed E-state index contributed by atoms with van der Waals surface area (Å²) in [6.45, 7) is 2.12. The van der Waals surface area contributed by atoms with E-state index in [0.717, 1.165) is 5.56 Å². The molecule has 0 spiro atoms. The van der Waals surface area contributed by atoms with Crippen LogP contribution in [0.3, 0.4) is 0 Å². The van der Waals surface area contributed by atoms with Gasteiger partial charge in [-0.1, -0.05) is 6.92 Å². The van der Waals surface area contributed by atoms with Crippen LogP contribution in [-0.2, 0) is 6.54 Å². The Bertz CT molecular complexity index is 983. The van der Waals surface area contributed by atoms with E-state index in [-0.39, 0.29) is 17.9 Å². The number of hydrogen-bond donors (Lipinski definition) is 2. The van der Waals surface area contributed by atoms with Crippen molar-refractivity contribution in [3.05, 3.63) is 59.9 Å². The maximum Gasteiger partial charge on any atom is 0.335 e. The van der Waals surface area contributed by atoms with Gasteiger partial charge in [0.25, 0.3) is 0 Å². The second-order valence-corrected chi connectivity index (χ2v) is 6.39. The molecule has 7 heteroatoms. The Morgan fingerprint density at radius 1 is 1.21 bits per heavy atom. The Morgan fingerprint density at radius 2 is 1.93 bits per heavy atom. The Kier molecular flexibility index (Phi) is 5.75. The number of methoxy groups -OCH3 is 1. The molecule has 3 rings (SSSR count). The van der Waals surface area contributed by atoms with Gasteiger partial charge in [0.15, 0.2) is 0 Å². The fourth-order valence-electron chi connectivity index (χ4n) is 2.91.